The number of carbonyl (C=O) groups is 5. The molecule has 3 aromatic carbocycles. The van der Waals surface area contributed by atoms with Crippen molar-refractivity contribution in [3.63, 3.8) is 0 Å². The summed E-state index contributed by atoms with van der Waals surface area (Å²) < 4.78 is 6.34. The molecule has 1 unspecified atom stereocenters. The highest BCUT2D eigenvalue weighted by Gasteiger charge is 2.64. The average Bonchev–Trinajstić information content (AvgIpc) is 3.40. The van der Waals surface area contributed by atoms with Crippen molar-refractivity contribution in [2.75, 3.05) is 18.0 Å². The summed E-state index contributed by atoms with van der Waals surface area (Å²) in [5.74, 6) is 5.16. The fourth-order valence-electron chi connectivity index (χ4n) is 8.64. The molecule has 3 fully saturated rings. The van der Waals surface area contributed by atoms with Crippen LogP contribution in [-0.4, -0.2) is 65.7 Å². The van der Waals surface area contributed by atoms with Gasteiger partial charge in [-0.1, -0.05) is 51.1 Å². The first kappa shape index (κ1) is 36.7. The van der Waals surface area contributed by atoms with E-state index in [1.165, 1.54) is 0 Å². The second-order valence-electron chi connectivity index (χ2n) is 15.6. The molecular formula is C42H40ClN5O6. The largest absolute Gasteiger partial charge is 0.489 e. The third-order valence-electron chi connectivity index (χ3n) is 11.3. The molecule has 0 spiro atoms. The number of nitriles is 1. The number of anilines is 1. The Morgan fingerprint density at radius 1 is 0.907 bits per heavy atom. The Kier molecular flexibility index (Phi) is 9.49. The topological polar surface area (TPSA) is 149 Å². The lowest BCUT2D eigenvalue weighted by Gasteiger charge is -2.63. The van der Waals surface area contributed by atoms with Crippen molar-refractivity contribution in [1.29, 1.82) is 5.26 Å². The summed E-state index contributed by atoms with van der Waals surface area (Å²) in [5.41, 5.74) is 2.34. The summed E-state index contributed by atoms with van der Waals surface area (Å²) in [6.07, 6.45) is 1.62. The maximum atomic E-state index is 13.4. The molecule has 11 nitrogen and oxygen atoms in total. The number of nitrogens with one attached hydrogen (secondary N) is 2. The second-order valence-corrected chi connectivity index (χ2v) is 16.0. The van der Waals surface area contributed by atoms with E-state index in [1.807, 2.05) is 18.2 Å². The Hall–Kier alpha value is -5.65. The van der Waals surface area contributed by atoms with E-state index < -0.39 is 29.7 Å². The molecular weight excluding hydrogens is 706 g/mol. The van der Waals surface area contributed by atoms with Gasteiger partial charge in [-0.2, -0.15) is 5.26 Å². The van der Waals surface area contributed by atoms with Gasteiger partial charge in [0, 0.05) is 65.2 Å². The van der Waals surface area contributed by atoms with Crippen LogP contribution in [0.1, 0.15) is 95.6 Å². The Morgan fingerprint density at radius 2 is 1.59 bits per heavy atom. The van der Waals surface area contributed by atoms with Gasteiger partial charge in [0.25, 0.3) is 17.7 Å². The first-order valence-corrected chi connectivity index (χ1v) is 18.5. The number of nitrogens with zero attached hydrogens (tertiary/aromatic N) is 3. The van der Waals surface area contributed by atoms with Gasteiger partial charge in [0.2, 0.25) is 11.8 Å². The SMILES string of the molecule is CC1(C)C(NC(=O)c2ccc(C#CC3CCN(c4ccc5c(c4)C(=O)N(C4CCC(=O)NC4=O)C5=O)CC3)cc2)C(C)(C)C1Oc1ccc(C#N)c(Cl)c1. The minimum Gasteiger partial charge on any atom is -0.489 e. The summed E-state index contributed by atoms with van der Waals surface area (Å²) in [7, 11) is 0. The lowest BCUT2D eigenvalue weighted by atomic mass is 9.49. The van der Waals surface area contributed by atoms with Crippen molar-refractivity contribution in [1.82, 2.24) is 15.5 Å². The number of amides is 5. The van der Waals surface area contributed by atoms with Gasteiger partial charge in [0.15, 0.2) is 0 Å². The number of fused-ring (bicyclic) bond motifs is 1. The fourth-order valence-corrected chi connectivity index (χ4v) is 8.85. The molecule has 7 rings (SSSR count). The van der Waals surface area contributed by atoms with Gasteiger partial charge in [0.05, 0.1) is 21.7 Å². The van der Waals surface area contributed by atoms with Crippen LogP contribution in [0.4, 0.5) is 5.69 Å². The van der Waals surface area contributed by atoms with Crippen LogP contribution in [0, 0.1) is 39.9 Å². The zero-order chi connectivity index (χ0) is 38.5. The number of rotatable bonds is 6. The average molecular weight is 746 g/mol. The van der Waals surface area contributed by atoms with Crippen LogP contribution in [0.2, 0.25) is 5.02 Å². The molecule has 0 aromatic heterocycles. The zero-order valence-corrected chi connectivity index (χ0v) is 31.3. The van der Waals surface area contributed by atoms with Gasteiger partial charge < -0.3 is 15.0 Å². The molecule has 2 saturated heterocycles. The van der Waals surface area contributed by atoms with E-state index in [4.69, 9.17) is 16.3 Å². The molecule has 1 atom stereocenters. The molecule has 3 aliphatic heterocycles. The number of piperidine rings is 2. The minimum atomic E-state index is -0.995. The number of benzene rings is 3. The van der Waals surface area contributed by atoms with E-state index in [1.54, 1.807) is 42.5 Å². The standard InChI is InChI=1S/C42H40ClN5O6/c1-41(2)39(42(3,4)40(41)54-29-13-11-27(23-44)32(43)22-29)46-35(50)26-9-7-24(8-10-26)5-6-25-17-19-47(20-18-25)28-12-14-30-31(21-28)38(53)48(37(30)52)33-15-16-34(49)45-36(33)51/h7-14,21-22,25,33,39-40H,15-20H2,1-4H3,(H,46,50)(H,45,49,51). The maximum absolute atomic E-state index is 13.4. The first-order chi connectivity index (χ1) is 25.7. The highest BCUT2D eigenvalue weighted by atomic mass is 35.5. The fraction of sp³-hybridized carbons (Fsp3) is 0.381. The van der Waals surface area contributed by atoms with Crippen LogP contribution in [0.3, 0.4) is 0 Å². The van der Waals surface area contributed by atoms with Crippen LogP contribution in [0.25, 0.3) is 0 Å². The molecule has 5 amide bonds. The zero-order valence-electron chi connectivity index (χ0n) is 30.5. The van der Waals surface area contributed by atoms with Crippen molar-refractivity contribution in [3.05, 3.63) is 93.5 Å². The Balaban J connectivity index is 0.923. The number of halogens is 1. The van der Waals surface area contributed by atoms with Gasteiger partial charge in [-0.25, -0.2) is 0 Å². The summed E-state index contributed by atoms with van der Waals surface area (Å²) in [6, 6.07) is 18.4. The molecule has 1 saturated carbocycles. The van der Waals surface area contributed by atoms with Crippen molar-refractivity contribution < 1.29 is 28.7 Å². The number of carbonyl (C=O) groups excluding carboxylic acids is 5. The lowest BCUT2D eigenvalue weighted by Crippen LogP contribution is -2.74. The van der Waals surface area contributed by atoms with Gasteiger partial charge in [-0.05, 0) is 73.9 Å². The van der Waals surface area contributed by atoms with Crippen LogP contribution < -0.4 is 20.3 Å². The van der Waals surface area contributed by atoms with E-state index in [-0.39, 0.29) is 58.8 Å². The molecule has 2 N–H and O–H groups in total. The molecule has 3 aromatic rings. The van der Waals surface area contributed by atoms with E-state index >= 15 is 0 Å². The third kappa shape index (κ3) is 6.58. The van der Waals surface area contributed by atoms with E-state index in [0.29, 0.717) is 21.9 Å². The van der Waals surface area contributed by atoms with Gasteiger partial charge in [-0.3, -0.25) is 34.2 Å². The minimum absolute atomic E-state index is 0.0747. The predicted octanol–water partition coefficient (Wildman–Crippen LogP) is 5.49. The number of ether oxygens (including phenoxy) is 1. The molecule has 1 aliphatic carbocycles. The number of hydrogen-bond donors (Lipinski definition) is 2. The lowest BCUT2D eigenvalue weighted by molar-refractivity contribution is -0.164. The van der Waals surface area contributed by atoms with Gasteiger partial charge >= 0.3 is 0 Å². The first-order valence-electron chi connectivity index (χ1n) is 18.1. The summed E-state index contributed by atoms with van der Waals surface area (Å²) in [4.78, 5) is 66.8. The van der Waals surface area contributed by atoms with E-state index in [9.17, 15) is 29.2 Å². The molecule has 3 heterocycles. The molecule has 54 heavy (non-hydrogen) atoms. The highest BCUT2D eigenvalue weighted by molar-refractivity contribution is 6.31. The second kappa shape index (κ2) is 14.0. The Labute approximate surface area is 319 Å². The quantitative estimate of drug-likeness (QED) is 0.249. The predicted molar refractivity (Wildman–Crippen MR) is 201 cm³/mol. The summed E-state index contributed by atoms with van der Waals surface area (Å²) >= 11 is 6.22. The monoisotopic (exact) mass is 745 g/mol. The molecule has 12 heteroatoms. The maximum Gasteiger partial charge on any atom is 0.262 e. The van der Waals surface area contributed by atoms with Crippen molar-refractivity contribution in [3.8, 4) is 23.7 Å². The van der Waals surface area contributed by atoms with Crippen LogP contribution >= 0.6 is 11.6 Å². The van der Waals surface area contributed by atoms with Crippen LogP contribution in [-0.2, 0) is 9.59 Å². The van der Waals surface area contributed by atoms with E-state index in [2.05, 4.69) is 61.1 Å². The summed E-state index contributed by atoms with van der Waals surface area (Å²) in [6.45, 7) is 9.70. The summed E-state index contributed by atoms with van der Waals surface area (Å²) in [5, 5.41) is 15.0. The number of hydrogen-bond acceptors (Lipinski definition) is 8. The molecule has 276 valence electrons. The molecule has 4 aliphatic rings. The smallest absolute Gasteiger partial charge is 0.262 e. The normalized spacial score (nSPS) is 23.0. The molecule has 0 radical (unpaired) electrons. The van der Waals surface area contributed by atoms with Crippen molar-refractivity contribution in [2.24, 2.45) is 16.7 Å². The van der Waals surface area contributed by atoms with Crippen LogP contribution in [0.15, 0.2) is 60.7 Å². The van der Waals surface area contributed by atoms with E-state index in [0.717, 1.165) is 42.1 Å². The van der Waals surface area contributed by atoms with Crippen molar-refractivity contribution >= 4 is 46.8 Å². The molecule has 0 bridgehead atoms. The van der Waals surface area contributed by atoms with Crippen molar-refractivity contribution in [2.45, 2.75) is 71.6 Å². The van der Waals surface area contributed by atoms with Gasteiger partial charge in [-0.15, -0.1) is 0 Å². The van der Waals surface area contributed by atoms with Crippen LogP contribution in [0.5, 0.6) is 5.75 Å². The third-order valence-corrected chi connectivity index (χ3v) is 11.6. The van der Waals surface area contributed by atoms with Gasteiger partial charge in [0.1, 0.15) is 24.0 Å². The number of imide groups is 2. The highest BCUT2D eigenvalue weighted by Crippen LogP contribution is 2.55. The Bertz CT molecular complexity index is 2170. The Morgan fingerprint density at radius 3 is 2.24 bits per heavy atom.